The van der Waals surface area contributed by atoms with Crippen molar-refractivity contribution in [3.8, 4) is 11.5 Å². The Hall–Kier alpha value is -2.65. The zero-order valence-electron chi connectivity index (χ0n) is 18.1. The predicted molar refractivity (Wildman–Crippen MR) is 111 cm³/mol. The molecule has 2 N–H and O–H groups in total. The number of hydrogen-bond acceptors (Lipinski definition) is 7. The van der Waals surface area contributed by atoms with Crippen molar-refractivity contribution in [2.24, 2.45) is 17.8 Å². The van der Waals surface area contributed by atoms with Gasteiger partial charge in [-0.2, -0.15) is 0 Å². The molecule has 9 nitrogen and oxygen atoms in total. The molecule has 3 fully saturated rings. The molecule has 0 bridgehead atoms. The molecule has 2 heterocycles. The van der Waals surface area contributed by atoms with Crippen molar-refractivity contribution < 1.29 is 28.6 Å². The molecule has 1 saturated carbocycles. The highest BCUT2D eigenvalue weighted by atomic mass is 16.5. The second kappa shape index (κ2) is 8.84. The molecule has 0 spiro atoms. The Morgan fingerprint density at radius 2 is 1.87 bits per heavy atom. The largest absolute Gasteiger partial charge is 0.493 e. The normalized spacial score (nSPS) is 30.4. The van der Waals surface area contributed by atoms with Crippen LogP contribution >= 0.6 is 0 Å². The Kier molecular flexibility index (Phi) is 6.15. The van der Waals surface area contributed by atoms with E-state index in [-0.39, 0.29) is 29.4 Å². The van der Waals surface area contributed by atoms with Crippen LogP contribution in [-0.2, 0) is 14.3 Å². The number of rotatable bonds is 6. The number of ether oxygens (including phenoxy) is 3. The van der Waals surface area contributed by atoms with Gasteiger partial charge in [-0.25, -0.2) is 4.79 Å². The summed E-state index contributed by atoms with van der Waals surface area (Å²) >= 11 is 0. The van der Waals surface area contributed by atoms with E-state index in [1.807, 2.05) is 18.2 Å². The Labute approximate surface area is 181 Å². The summed E-state index contributed by atoms with van der Waals surface area (Å²) in [6.45, 7) is 1.20. The summed E-state index contributed by atoms with van der Waals surface area (Å²) in [5.41, 5.74) is 0.989. The first kappa shape index (κ1) is 21.6. The number of methoxy groups -OCH3 is 3. The van der Waals surface area contributed by atoms with Gasteiger partial charge in [-0.15, -0.1) is 0 Å². The third-order valence-electron chi connectivity index (χ3n) is 6.83. The molecule has 31 heavy (non-hydrogen) atoms. The molecule has 1 aromatic rings. The van der Waals surface area contributed by atoms with Crippen LogP contribution in [0.1, 0.15) is 24.3 Å². The van der Waals surface area contributed by atoms with E-state index in [9.17, 15) is 14.4 Å². The smallest absolute Gasteiger partial charge is 0.325 e. The Bertz CT molecular complexity index is 875. The van der Waals surface area contributed by atoms with Gasteiger partial charge in [0.25, 0.3) is 0 Å². The molecule has 4 rings (SSSR count). The van der Waals surface area contributed by atoms with E-state index in [1.165, 1.54) is 0 Å². The summed E-state index contributed by atoms with van der Waals surface area (Å²) in [5.74, 6) is 0.188. The number of carbonyl (C=O) groups excluding carboxylic acids is 3. The van der Waals surface area contributed by atoms with Crippen LogP contribution < -0.4 is 20.1 Å². The maximum atomic E-state index is 13.1. The van der Waals surface area contributed by atoms with Crippen LogP contribution in [0, 0.1) is 17.8 Å². The maximum Gasteiger partial charge on any atom is 0.325 e. The number of amides is 3. The van der Waals surface area contributed by atoms with Gasteiger partial charge in [-0.05, 0) is 36.0 Å². The average Bonchev–Trinajstić information content (AvgIpc) is 2.77. The van der Waals surface area contributed by atoms with Crippen LogP contribution in [0.5, 0.6) is 11.5 Å². The van der Waals surface area contributed by atoms with Crippen molar-refractivity contribution in [2.75, 3.05) is 41.0 Å². The number of carbonyl (C=O) groups is 3. The lowest BCUT2D eigenvalue weighted by molar-refractivity contribution is -0.142. The fourth-order valence-corrected chi connectivity index (χ4v) is 5.30. The molecule has 1 aromatic carbocycles. The van der Waals surface area contributed by atoms with Gasteiger partial charge in [-0.3, -0.25) is 20.2 Å². The molecule has 9 heteroatoms. The molecule has 0 aromatic heterocycles. The van der Waals surface area contributed by atoms with E-state index in [2.05, 4.69) is 10.6 Å². The number of nitrogens with zero attached hydrogens (tertiary/aromatic N) is 1. The number of urea groups is 1. The van der Waals surface area contributed by atoms with E-state index < -0.39 is 18.1 Å². The first-order valence-electron chi connectivity index (χ1n) is 10.6. The number of benzene rings is 1. The van der Waals surface area contributed by atoms with Crippen LogP contribution in [0.2, 0.25) is 0 Å². The predicted octanol–water partition coefficient (Wildman–Crippen LogP) is 1.13. The minimum absolute atomic E-state index is 0.0230. The summed E-state index contributed by atoms with van der Waals surface area (Å²) < 4.78 is 15.9. The SMILES string of the molecule is COCCN1C(=O)NC(=O)C2C3CC(c4ccc(OC)c(OC)c4)CC(=O)C3CNC21. The topological polar surface area (TPSA) is 106 Å². The van der Waals surface area contributed by atoms with Crippen molar-refractivity contribution in [3.05, 3.63) is 23.8 Å². The Balaban J connectivity index is 1.61. The fourth-order valence-electron chi connectivity index (χ4n) is 5.30. The van der Waals surface area contributed by atoms with Gasteiger partial charge in [0, 0.05) is 32.5 Å². The number of hydrogen-bond donors (Lipinski definition) is 2. The summed E-state index contributed by atoms with van der Waals surface area (Å²) in [6.07, 6.45) is 0.674. The highest BCUT2D eigenvalue weighted by Gasteiger charge is 2.53. The van der Waals surface area contributed by atoms with Gasteiger partial charge < -0.3 is 19.1 Å². The van der Waals surface area contributed by atoms with Gasteiger partial charge in [0.2, 0.25) is 5.91 Å². The van der Waals surface area contributed by atoms with Gasteiger partial charge in [0.05, 0.1) is 32.9 Å². The van der Waals surface area contributed by atoms with Crippen molar-refractivity contribution >= 4 is 17.7 Å². The zero-order chi connectivity index (χ0) is 22.1. The lowest BCUT2D eigenvalue weighted by Gasteiger charge is -2.51. The molecule has 3 aliphatic rings. The number of ketones is 1. The van der Waals surface area contributed by atoms with Crippen molar-refractivity contribution in [1.82, 2.24) is 15.5 Å². The van der Waals surface area contributed by atoms with Crippen molar-refractivity contribution in [2.45, 2.75) is 24.9 Å². The third kappa shape index (κ3) is 3.87. The third-order valence-corrected chi connectivity index (χ3v) is 6.83. The first-order valence-corrected chi connectivity index (χ1v) is 10.6. The monoisotopic (exact) mass is 431 g/mol. The summed E-state index contributed by atoms with van der Waals surface area (Å²) in [7, 11) is 4.74. The highest BCUT2D eigenvalue weighted by Crippen LogP contribution is 2.46. The van der Waals surface area contributed by atoms with Gasteiger partial charge in [0.1, 0.15) is 5.78 Å². The van der Waals surface area contributed by atoms with E-state index in [1.54, 1.807) is 26.2 Å². The van der Waals surface area contributed by atoms with Crippen LogP contribution in [0.3, 0.4) is 0 Å². The van der Waals surface area contributed by atoms with E-state index >= 15 is 0 Å². The van der Waals surface area contributed by atoms with E-state index in [0.717, 1.165) is 5.56 Å². The van der Waals surface area contributed by atoms with Gasteiger partial charge in [-0.1, -0.05) is 6.07 Å². The fraction of sp³-hybridized carbons (Fsp3) is 0.591. The molecular weight excluding hydrogens is 402 g/mol. The lowest BCUT2D eigenvalue weighted by atomic mass is 9.63. The number of nitrogens with one attached hydrogen (secondary N) is 2. The number of piperidine rings is 1. The van der Waals surface area contributed by atoms with Crippen molar-refractivity contribution in [3.63, 3.8) is 0 Å². The van der Waals surface area contributed by atoms with Crippen molar-refractivity contribution in [1.29, 1.82) is 0 Å². The minimum Gasteiger partial charge on any atom is -0.493 e. The zero-order valence-corrected chi connectivity index (χ0v) is 18.1. The summed E-state index contributed by atoms with van der Waals surface area (Å²) in [5, 5.41) is 5.77. The molecule has 0 radical (unpaired) electrons. The minimum atomic E-state index is -0.486. The quantitative estimate of drug-likeness (QED) is 0.695. The first-order chi connectivity index (χ1) is 15.0. The van der Waals surface area contributed by atoms with Crippen LogP contribution in [0.25, 0.3) is 0 Å². The van der Waals surface area contributed by atoms with Gasteiger partial charge in [0.15, 0.2) is 11.5 Å². The summed E-state index contributed by atoms with van der Waals surface area (Å²) in [4.78, 5) is 39.9. The van der Waals surface area contributed by atoms with E-state index in [0.29, 0.717) is 44.0 Å². The number of imide groups is 1. The van der Waals surface area contributed by atoms with Crippen LogP contribution in [0.4, 0.5) is 4.79 Å². The molecule has 5 atom stereocenters. The second-order valence-electron chi connectivity index (χ2n) is 8.35. The lowest BCUT2D eigenvalue weighted by Crippen LogP contribution is -2.71. The van der Waals surface area contributed by atoms with Gasteiger partial charge >= 0.3 is 6.03 Å². The molecular formula is C22H29N3O6. The molecule has 168 valence electrons. The number of fused-ring (bicyclic) bond motifs is 3. The maximum absolute atomic E-state index is 13.1. The standard InChI is InChI=1S/C22H29N3O6/c1-29-7-6-25-20-19(21(27)24-22(25)28)14-8-13(9-16(26)15(14)11-23-20)12-4-5-17(30-2)18(10-12)31-3/h4-5,10,13-15,19-20,23H,6-9,11H2,1-3H3,(H,24,27,28). The highest BCUT2D eigenvalue weighted by molar-refractivity contribution is 5.99. The second-order valence-corrected chi connectivity index (χ2v) is 8.35. The van der Waals surface area contributed by atoms with Crippen LogP contribution in [-0.4, -0.2) is 69.8 Å². The molecule has 2 saturated heterocycles. The van der Waals surface area contributed by atoms with Crippen LogP contribution in [0.15, 0.2) is 18.2 Å². The molecule has 3 amide bonds. The molecule has 1 aliphatic carbocycles. The Morgan fingerprint density at radius 1 is 1.10 bits per heavy atom. The number of Topliss-reactive ketones (excluding diaryl/α,β-unsaturated/α-hetero) is 1. The molecule has 5 unspecified atom stereocenters. The molecule has 2 aliphatic heterocycles. The average molecular weight is 431 g/mol. The van der Waals surface area contributed by atoms with E-state index in [4.69, 9.17) is 14.2 Å². The summed E-state index contributed by atoms with van der Waals surface area (Å²) in [6, 6.07) is 5.28. The Morgan fingerprint density at radius 3 is 2.58 bits per heavy atom.